The van der Waals surface area contributed by atoms with Crippen molar-refractivity contribution in [1.29, 1.82) is 0 Å². The van der Waals surface area contributed by atoms with Crippen LogP contribution in [0.4, 0.5) is 5.69 Å². The van der Waals surface area contributed by atoms with E-state index in [1.807, 2.05) is 0 Å². The minimum atomic E-state index is -0.552. The van der Waals surface area contributed by atoms with Crippen LogP contribution in [-0.4, -0.2) is 32.5 Å². The van der Waals surface area contributed by atoms with E-state index in [1.54, 1.807) is 32.0 Å². The van der Waals surface area contributed by atoms with Crippen molar-refractivity contribution in [3.8, 4) is 0 Å². The Morgan fingerprint density at radius 3 is 2.81 bits per heavy atom. The van der Waals surface area contributed by atoms with E-state index < -0.39 is 10.9 Å². The van der Waals surface area contributed by atoms with E-state index in [2.05, 4.69) is 10.3 Å². The SMILES string of the molecule is CCOC(=O)c1nnn(Cc2ccccc2[N+](=O)[O-])c1C. The number of hydrogen-bond donors (Lipinski definition) is 0. The summed E-state index contributed by atoms with van der Waals surface area (Å²) in [6.45, 7) is 3.77. The van der Waals surface area contributed by atoms with Gasteiger partial charge in [-0.3, -0.25) is 10.1 Å². The van der Waals surface area contributed by atoms with Gasteiger partial charge in [-0.2, -0.15) is 0 Å². The van der Waals surface area contributed by atoms with Gasteiger partial charge in [0.1, 0.15) is 0 Å². The molecule has 0 fully saturated rings. The second-order valence-corrected chi connectivity index (χ2v) is 4.29. The van der Waals surface area contributed by atoms with Gasteiger partial charge in [-0.25, -0.2) is 9.48 Å². The molecule has 2 rings (SSSR count). The molecule has 2 aromatic rings. The van der Waals surface area contributed by atoms with Crippen molar-refractivity contribution < 1.29 is 14.5 Å². The molecule has 0 saturated carbocycles. The van der Waals surface area contributed by atoms with Gasteiger partial charge >= 0.3 is 5.97 Å². The van der Waals surface area contributed by atoms with Crippen LogP contribution in [0.15, 0.2) is 24.3 Å². The first-order valence-corrected chi connectivity index (χ1v) is 6.34. The molecule has 21 heavy (non-hydrogen) atoms. The highest BCUT2D eigenvalue weighted by atomic mass is 16.6. The molecule has 1 heterocycles. The fraction of sp³-hybridized carbons (Fsp3) is 0.308. The van der Waals surface area contributed by atoms with Gasteiger partial charge in [-0.1, -0.05) is 23.4 Å². The molecule has 0 amide bonds. The first-order valence-electron chi connectivity index (χ1n) is 6.34. The van der Waals surface area contributed by atoms with Gasteiger partial charge in [0.15, 0.2) is 5.69 Å². The fourth-order valence-electron chi connectivity index (χ4n) is 1.88. The normalized spacial score (nSPS) is 10.4. The Balaban J connectivity index is 2.29. The summed E-state index contributed by atoms with van der Waals surface area (Å²) in [5.74, 6) is -0.552. The first-order chi connectivity index (χ1) is 10.0. The third kappa shape index (κ3) is 3.04. The van der Waals surface area contributed by atoms with Crippen molar-refractivity contribution in [2.24, 2.45) is 0 Å². The highest BCUT2D eigenvalue weighted by Gasteiger charge is 2.19. The number of esters is 1. The zero-order valence-electron chi connectivity index (χ0n) is 11.6. The molecule has 0 spiro atoms. The van der Waals surface area contributed by atoms with Crippen LogP contribution in [0.3, 0.4) is 0 Å². The lowest BCUT2D eigenvalue weighted by atomic mass is 10.2. The second-order valence-electron chi connectivity index (χ2n) is 4.29. The molecule has 0 aliphatic rings. The minimum absolute atomic E-state index is 0.00471. The van der Waals surface area contributed by atoms with Crippen molar-refractivity contribution in [3.63, 3.8) is 0 Å². The smallest absolute Gasteiger partial charge is 0.360 e. The van der Waals surface area contributed by atoms with Gasteiger partial charge in [0.25, 0.3) is 5.69 Å². The van der Waals surface area contributed by atoms with Crippen LogP contribution in [0.1, 0.15) is 28.7 Å². The maximum atomic E-state index is 11.7. The Hall–Kier alpha value is -2.77. The Bertz CT molecular complexity index is 681. The topological polar surface area (TPSA) is 100 Å². The summed E-state index contributed by atoms with van der Waals surface area (Å²) in [4.78, 5) is 22.2. The molecule has 0 bridgehead atoms. The predicted molar refractivity (Wildman–Crippen MR) is 72.9 cm³/mol. The lowest BCUT2D eigenvalue weighted by Gasteiger charge is -2.05. The lowest BCUT2D eigenvalue weighted by molar-refractivity contribution is -0.385. The molecule has 8 heteroatoms. The Morgan fingerprint density at radius 2 is 2.14 bits per heavy atom. The van der Waals surface area contributed by atoms with Crippen molar-refractivity contribution in [2.45, 2.75) is 20.4 Å². The molecule has 1 aromatic carbocycles. The third-order valence-corrected chi connectivity index (χ3v) is 2.96. The third-order valence-electron chi connectivity index (χ3n) is 2.96. The zero-order chi connectivity index (χ0) is 15.4. The van der Waals surface area contributed by atoms with Crippen LogP contribution in [0.25, 0.3) is 0 Å². The molecule has 0 aliphatic carbocycles. The van der Waals surface area contributed by atoms with Crippen LogP contribution in [-0.2, 0) is 11.3 Å². The second kappa shape index (κ2) is 6.12. The summed E-state index contributed by atoms with van der Waals surface area (Å²) in [7, 11) is 0. The summed E-state index contributed by atoms with van der Waals surface area (Å²) in [6.07, 6.45) is 0. The number of carbonyl (C=O) groups excluding carboxylic acids is 1. The highest BCUT2D eigenvalue weighted by Crippen LogP contribution is 2.19. The van der Waals surface area contributed by atoms with E-state index in [9.17, 15) is 14.9 Å². The van der Waals surface area contributed by atoms with E-state index in [0.717, 1.165) is 0 Å². The number of nitro groups is 1. The monoisotopic (exact) mass is 290 g/mol. The summed E-state index contributed by atoms with van der Waals surface area (Å²) in [5.41, 5.74) is 1.12. The van der Waals surface area contributed by atoms with E-state index in [0.29, 0.717) is 11.3 Å². The summed E-state index contributed by atoms with van der Waals surface area (Å²) >= 11 is 0. The Kier molecular flexibility index (Phi) is 4.27. The molecular weight excluding hydrogens is 276 g/mol. The van der Waals surface area contributed by atoms with Gasteiger partial charge in [-0.15, -0.1) is 5.10 Å². The average molecular weight is 290 g/mol. The molecule has 1 aromatic heterocycles. The van der Waals surface area contributed by atoms with Crippen LogP contribution in [0.5, 0.6) is 0 Å². The summed E-state index contributed by atoms with van der Waals surface area (Å²) in [6, 6.07) is 6.37. The Labute approximate surface area is 120 Å². The summed E-state index contributed by atoms with van der Waals surface area (Å²) in [5, 5.41) is 18.6. The number of nitrogens with zero attached hydrogens (tertiary/aromatic N) is 4. The standard InChI is InChI=1S/C13H14N4O4/c1-3-21-13(18)12-9(2)16(15-14-12)8-10-6-4-5-7-11(10)17(19)20/h4-7H,3,8H2,1-2H3. The molecule has 0 atom stereocenters. The van der Waals surface area contributed by atoms with Gasteiger partial charge in [-0.05, 0) is 13.8 Å². The van der Waals surface area contributed by atoms with Crippen molar-refractivity contribution >= 4 is 11.7 Å². The van der Waals surface area contributed by atoms with Crippen molar-refractivity contribution in [2.75, 3.05) is 6.61 Å². The molecule has 0 saturated heterocycles. The number of para-hydroxylation sites is 1. The van der Waals surface area contributed by atoms with Crippen molar-refractivity contribution in [1.82, 2.24) is 15.0 Å². The maximum absolute atomic E-state index is 11.7. The van der Waals surface area contributed by atoms with Gasteiger partial charge in [0, 0.05) is 6.07 Å². The largest absolute Gasteiger partial charge is 0.461 e. The molecular formula is C13H14N4O4. The number of ether oxygens (including phenoxy) is 1. The number of aromatic nitrogens is 3. The number of benzene rings is 1. The van der Waals surface area contributed by atoms with Gasteiger partial charge in [0.05, 0.1) is 29.3 Å². The molecule has 110 valence electrons. The first kappa shape index (κ1) is 14.6. The summed E-state index contributed by atoms with van der Waals surface area (Å²) < 4.78 is 6.31. The minimum Gasteiger partial charge on any atom is -0.461 e. The molecule has 0 aliphatic heterocycles. The van der Waals surface area contributed by atoms with E-state index in [4.69, 9.17) is 4.74 Å². The van der Waals surface area contributed by atoms with Crippen LogP contribution in [0, 0.1) is 17.0 Å². The van der Waals surface area contributed by atoms with E-state index >= 15 is 0 Å². The van der Waals surface area contributed by atoms with Crippen molar-refractivity contribution in [3.05, 3.63) is 51.3 Å². The lowest BCUT2D eigenvalue weighted by Crippen LogP contribution is -2.09. The number of hydrogen-bond acceptors (Lipinski definition) is 6. The quantitative estimate of drug-likeness (QED) is 0.472. The molecule has 8 nitrogen and oxygen atoms in total. The molecule has 0 radical (unpaired) electrons. The zero-order valence-corrected chi connectivity index (χ0v) is 11.6. The Morgan fingerprint density at radius 1 is 1.43 bits per heavy atom. The van der Waals surface area contributed by atoms with Crippen LogP contribution < -0.4 is 0 Å². The fourth-order valence-corrected chi connectivity index (χ4v) is 1.88. The van der Waals surface area contributed by atoms with Crippen LogP contribution in [0.2, 0.25) is 0 Å². The molecule has 0 N–H and O–H groups in total. The van der Waals surface area contributed by atoms with Crippen LogP contribution >= 0.6 is 0 Å². The van der Waals surface area contributed by atoms with E-state index in [-0.39, 0.29) is 24.5 Å². The number of carbonyl (C=O) groups is 1. The van der Waals surface area contributed by atoms with E-state index in [1.165, 1.54) is 10.7 Å². The maximum Gasteiger partial charge on any atom is 0.360 e. The number of rotatable bonds is 5. The number of nitro benzene ring substituents is 1. The highest BCUT2D eigenvalue weighted by molar-refractivity contribution is 5.88. The molecule has 0 unspecified atom stereocenters. The van der Waals surface area contributed by atoms with Gasteiger partial charge < -0.3 is 4.74 Å². The predicted octanol–water partition coefficient (Wildman–Crippen LogP) is 1.72. The average Bonchev–Trinajstić information content (AvgIpc) is 2.81. The van der Waals surface area contributed by atoms with Gasteiger partial charge in [0.2, 0.25) is 0 Å².